The van der Waals surface area contributed by atoms with Crippen LogP contribution >= 0.6 is 0 Å². The van der Waals surface area contributed by atoms with Crippen LogP contribution in [0.5, 0.6) is 23.0 Å². The minimum atomic E-state index is -1.28. The summed E-state index contributed by atoms with van der Waals surface area (Å²) >= 11 is 0. The Morgan fingerprint density at radius 2 is 1.12 bits per heavy atom. The van der Waals surface area contributed by atoms with Crippen molar-refractivity contribution in [1.82, 2.24) is 0 Å². The highest BCUT2D eigenvalue weighted by atomic mass is 28.2. The zero-order valence-electron chi connectivity index (χ0n) is 22.4. The molecule has 0 heterocycles. The molecule has 0 spiro atoms. The Labute approximate surface area is 249 Å². The molecule has 0 saturated carbocycles. The first-order valence-electron chi connectivity index (χ1n) is 13.4. The fraction of sp³-hybridized carbons (Fsp3) is 0.464. The van der Waals surface area contributed by atoms with Crippen LogP contribution in [0.25, 0.3) is 5.57 Å². The number of aromatic hydroxyl groups is 4. The number of aliphatic hydroxyl groups excluding tert-OH is 1. The lowest BCUT2D eigenvalue weighted by atomic mass is 9.73. The summed E-state index contributed by atoms with van der Waals surface area (Å²) in [5.74, 6) is -3.30. The highest BCUT2D eigenvalue weighted by Gasteiger charge is 2.46. The molecule has 0 fully saturated rings. The molecule has 1 atom stereocenters. The quantitative estimate of drug-likeness (QED) is 0.184. The standard InChI is InChI=1S/C28H34N2O6Si4/c31-18-15-19(30(7-3-11-39)8-4-12-40)23(22(34)16-18)25-27(35)26(28(25)36)24-20(32)13-17(14-21(24)33)29(5-1-9-37)6-2-10-38/h13-16,26,31-35H,1-12H2. The van der Waals surface area contributed by atoms with Gasteiger partial charge >= 0.3 is 0 Å². The number of carbonyl (C=O) groups is 1. The van der Waals surface area contributed by atoms with Gasteiger partial charge in [0, 0.05) is 97.1 Å². The van der Waals surface area contributed by atoms with Crippen LogP contribution in [0.2, 0.25) is 24.2 Å². The number of allylic oxidation sites excluding steroid dienone is 2. The van der Waals surface area contributed by atoms with Gasteiger partial charge in [0.2, 0.25) is 0 Å². The highest BCUT2D eigenvalue weighted by Crippen LogP contribution is 2.53. The van der Waals surface area contributed by atoms with Crippen LogP contribution < -0.4 is 9.80 Å². The average Bonchev–Trinajstić information content (AvgIpc) is 2.92. The molecular formula is C28H34N2O6Si4. The van der Waals surface area contributed by atoms with Crippen molar-refractivity contribution in [3.05, 3.63) is 41.2 Å². The number of nitrogens with zero attached hydrogens (tertiary/aromatic N) is 2. The maximum Gasteiger partial charge on any atom is 0.182 e. The number of phenolic OH excluding ortho intramolecular Hbond substituents is 4. The Kier molecular flexibility index (Phi) is 11.8. The van der Waals surface area contributed by atoms with Crippen LogP contribution in [-0.2, 0) is 4.79 Å². The van der Waals surface area contributed by atoms with Crippen molar-refractivity contribution in [2.45, 2.75) is 55.8 Å². The molecule has 0 aromatic heterocycles. The van der Waals surface area contributed by atoms with Crippen molar-refractivity contribution in [2.75, 3.05) is 36.0 Å². The van der Waals surface area contributed by atoms with Crippen molar-refractivity contribution < 1.29 is 30.3 Å². The molecule has 1 aliphatic rings. The van der Waals surface area contributed by atoms with Gasteiger partial charge in [0.25, 0.3) is 0 Å². The summed E-state index contributed by atoms with van der Waals surface area (Å²) in [6.07, 6.45) is 3.26. The summed E-state index contributed by atoms with van der Waals surface area (Å²) in [7, 11) is 13.9. The van der Waals surface area contributed by atoms with Crippen molar-refractivity contribution in [1.29, 1.82) is 0 Å². The fourth-order valence-corrected chi connectivity index (χ4v) is 5.61. The lowest BCUT2D eigenvalue weighted by Crippen LogP contribution is -2.32. The Balaban J connectivity index is 2.04. The van der Waals surface area contributed by atoms with E-state index >= 15 is 0 Å². The second-order valence-corrected chi connectivity index (χ2v) is 11.7. The average molecular weight is 607 g/mol. The van der Waals surface area contributed by atoms with Crippen LogP contribution in [0, 0.1) is 0 Å². The molecule has 2 aromatic rings. The number of phenols is 4. The van der Waals surface area contributed by atoms with Crippen molar-refractivity contribution >= 4 is 63.7 Å². The van der Waals surface area contributed by atoms with E-state index in [1.807, 2.05) is 9.80 Å². The number of hydrogen-bond acceptors (Lipinski definition) is 8. The number of carbonyl (C=O) groups excluding carboxylic acids is 1. The largest absolute Gasteiger partial charge is 0.510 e. The van der Waals surface area contributed by atoms with E-state index in [1.54, 1.807) is 0 Å². The fourth-order valence-electron chi connectivity index (χ4n) is 4.97. The number of anilines is 2. The number of benzene rings is 2. The topological polar surface area (TPSA) is 125 Å². The maximum absolute atomic E-state index is 13.6. The van der Waals surface area contributed by atoms with E-state index in [-0.39, 0.29) is 45.5 Å². The van der Waals surface area contributed by atoms with E-state index < -0.39 is 11.7 Å². The van der Waals surface area contributed by atoms with Crippen LogP contribution in [0.3, 0.4) is 0 Å². The molecule has 12 heteroatoms. The third-order valence-electron chi connectivity index (χ3n) is 6.90. The predicted octanol–water partition coefficient (Wildman–Crippen LogP) is 3.67. The van der Waals surface area contributed by atoms with Gasteiger partial charge < -0.3 is 35.3 Å². The van der Waals surface area contributed by atoms with E-state index in [0.29, 0.717) is 37.6 Å². The third kappa shape index (κ3) is 6.96. The minimum Gasteiger partial charge on any atom is -0.510 e. The van der Waals surface area contributed by atoms with Gasteiger partial charge in [-0.1, -0.05) is 24.2 Å². The summed E-state index contributed by atoms with van der Waals surface area (Å²) in [4.78, 5) is 17.5. The smallest absolute Gasteiger partial charge is 0.182 e. The maximum atomic E-state index is 13.6. The monoisotopic (exact) mass is 606 g/mol. The predicted molar refractivity (Wildman–Crippen MR) is 162 cm³/mol. The SMILES string of the molecule is O=C1C(c2c(O)cc(O)cc2N(CCC[Si])CCC[Si])=C(O)C1c1c(O)cc(N(CCC[Si])CCC[Si])cc1O. The Hall–Kier alpha value is -2.68. The van der Waals surface area contributed by atoms with Gasteiger partial charge in [-0.15, -0.1) is 0 Å². The van der Waals surface area contributed by atoms with Gasteiger partial charge in [-0.2, -0.15) is 0 Å². The molecule has 208 valence electrons. The van der Waals surface area contributed by atoms with E-state index in [0.717, 1.165) is 55.9 Å². The van der Waals surface area contributed by atoms with Crippen LogP contribution in [0.1, 0.15) is 42.7 Å². The zero-order chi connectivity index (χ0) is 29.4. The molecule has 8 nitrogen and oxygen atoms in total. The number of hydrogen-bond donors (Lipinski definition) is 5. The first-order valence-corrected chi connectivity index (χ1v) is 16.2. The number of Topliss-reactive ketones (excluding diaryl/α,β-unsaturated/α-hetero) is 1. The lowest BCUT2D eigenvalue weighted by molar-refractivity contribution is -0.116. The van der Waals surface area contributed by atoms with E-state index in [2.05, 4.69) is 41.0 Å². The van der Waals surface area contributed by atoms with Gasteiger partial charge in [0.1, 0.15) is 34.7 Å². The normalized spacial score (nSPS) is 14.9. The molecule has 12 radical (unpaired) electrons. The van der Waals surface area contributed by atoms with Gasteiger partial charge in [-0.05, 0) is 25.7 Å². The van der Waals surface area contributed by atoms with E-state index in [1.165, 1.54) is 18.2 Å². The highest BCUT2D eigenvalue weighted by molar-refractivity contribution is 6.33. The molecule has 40 heavy (non-hydrogen) atoms. The van der Waals surface area contributed by atoms with E-state index in [9.17, 15) is 30.3 Å². The van der Waals surface area contributed by atoms with Crippen molar-refractivity contribution in [3.8, 4) is 23.0 Å². The second kappa shape index (κ2) is 14.8. The molecule has 1 aliphatic carbocycles. The lowest BCUT2D eigenvalue weighted by Gasteiger charge is -2.34. The minimum absolute atomic E-state index is 0.0788. The first-order chi connectivity index (χ1) is 19.2. The molecule has 0 bridgehead atoms. The van der Waals surface area contributed by atoms with Crippen LogP contribution in [0.4, 0.5) is 11.4 Å². The Morgan fingerprint density at radius 3 is 1.57 bits per heavy atom. The summed E-state index contributed by atoms with van der Waals surface area (Å²) in [6.45, 7) is 2.57. The summed E-state index contributed by atoms with van der Waals surface area (Å²) in [6, 6.07) is 8.66. The third-order valence-corrected chi connectivity index (χ3v) is 8.32. The van der Waals surface area contributed by atoms with Gasteiger partial charge in [0.15, 0.2) is 5.78 Å². The molecule has 0 amide bonds. The molecular weight excluding hydrogens is 573 g/mol. The molecule has 0 aliphatic heterocycles. The number of rotatable bonds is 16. The van der Waals surface area contributed by atoms with Gasteiger partial charge in [-0.3, -0.25) is 4.79 Å². The number of ketones is 1. The molecule has 5 N–H and O–H groups in total. The van der Waals surface area contributed by atoms with Gasteiger partial charge in [-0.25, -0.2) is 0 Å². The van der Waals surface area contributed by atoms with Gasteiger partial charge in [0.05, 0.1) is 22.4 Å². The van der Waals surface area contributed by atoms with Crippen molar-refractivity contribution in [3.63, 3.8) is 0 Å². The van der Waals surface area contributed by atoms with E-state index in [4.69, 9.17) is 0 Å². The first kappa shape index (κ1) is 31.8. The molecule has 1 unspecified atom stereocenters. The molecule has 2 aromatic carbocycles. The summed E-state index contributed by atoms with van der Waals surface area (Å²) in [5, 5.41) is 54.1. The van der Waals surface area contributed by atoms with Crippen molar-refractivity contribution in [2.24, 2.45) is 0 Å². The molecule has 0 saturated heterocycles. The second-order valence-electron chi connectivity index (χ2n) is 9.70. The van der Waals surface area contributed by atoms with Crippen LogP contribution in [0.15, 0.2) is 30.0 Å². The number of aliphatic hydroxyl groups is 1. The molecule has 3 rings (SSSR count). The summed E-state index contributed by atoms with van der Waals surface area (Å²) < 4.78 is 0. The Bertz CT molecular complexity index is 1190. The zero-order valence-corrected chi connectivity index (χ0v) is 26.4. The van der Waals surface area contributed by atoms with Crippen LogP contribution in [-0.4, -0.2) is 98.5 Å². The Morgan fingerprint density at radius 1 is 0.650 bits per heavy atom. The summed E-state index contributed by atoms with van der Waals surface area (Å²) in [5.41, 5.74) is 0.971.